The van der Waals surface area contributed by atoms with E-state index in [1.807, 2.05) is 6.92 Å². The molecule has 0 aliphatic rings. The molecule has 0 saturated heterocycles. The number of benzene rings is 1. The first-order valence-electron chi connectivity index (χ1n) is 5.38. The number of aryl methyl sites for hydroxylation is 2. The van der Waals surface area contributed by atoms with Crippen molar-refractivity contribution >= 4 is 33.0 Å². The summed E-state index contributed by atoms with van der Waals surface area (Å²) in [5, 5.41) is 0.854. The lowest BCUT2D eigenvalue weighted by molar-refractivity contribution is 0.0995. The van der Waals surface area contributed by atoms with Crippen LogP contribution >= 0.6 is 27.3 Å². The van der Waals surface area contributed by atoms with Crippen LogP contribution in [-0.2, 0) is 6.42 Å². The Hall–Kier alpha value is -1.07. The monoisotopic (exact) mass is 327 g/mol. The number of aromatic nitrogens is 1. The van der Waals surface area contributed by atoms with Gasteiger partial charge in [0.2, 0.25) is 0 Å². The maximum Gasteiger partial charge on any atom is 0.179 e. The quantitative estimate of drug-likeness (QED) is 0.795. The Morgan fingerprint density at radius 3 is 2.72 bits per heavy atom. The van der Waals surface area contributed by atoms with Gasteiger partial charge in [-0.25, -0.2) is 9.37 Å². The van der Waals surface area contributed by atoms with Crippen LogP contribution in [0.1, 0.15) is 25.9 Å². The van der Waals surface area contributed by atoms with Crippen molar-refractivity contribution in [1.82, 2.24) is 4.98 Å². The Balaban J connectivity index is 2.24. The van der Waals surface area contributed by atoms with Crippen molar-refractivity contribution in [1.29, 1.82) is 0 Å². The van der Waals surface area contributed by atoms with Crippen molar-refractivity contribution in [3.05, 3.63) is 49.6 Å². The van der Waals surface area contributed by atoms with Gasteiger partial charge in [0.05, 0.1) is 15.6 Å². The topological polar surface area (TPSA) is 30.0 Å². The van der Waals surface area contributed by atoms with Gasteiger partial charge in [0.15, 0.2) is 5.78 Å². The highest BCUT2D eigenvalue weighted by molar-refractivity contribution is 9.10. The number of rotatable bonds is 3. The normalized spacial score (nSPS) is 10.7. The van der Waals surface area contributed by atoms with Crippen molar-refractivity contribution in [2.75, 3.05) is 0 Å². The van der Waals surface area contributed by atoms with Crippen LogP contribution in [-0.4, -0.2) is 10.8 Å². The van der Waals surface area contributed by atoms with Gasteiger partial charge in [-0.1, -0.05) is 22.0 Å². The van der Waals surface area contributed by atoms with E-state index >= 15 is 0 Å². The Morgan fingerprint density at radius 2 is 2.17 bits per heavy atom. The van der Waals surface area contributed by atoms with E-state index in [0.29, 0.717) is 14.9 Å². The fourth-order valence-corrected chi connectivity index (χ4v) is 2.90. The third-order valence-electron chi connectivity index (χ3n) is 2.52. The molecule has 0 N–H and O–H groups in total. The molecular weight excluding hydrogens is 317 g/mol. The molecule has 94 valence electrons. The van der Waals surface area contributed by atoms with Crippen LogP contribution in [0.15, 0.2) is 22.7 Å². The molecule has 1 aromatic carbocycles. The fourth-order valence-electron chi connectivity index (χ4n) is 1.71. The van der Waals surface area contributed by atoms with Crippen molar-refractivity contribution < 1.29 is 9.18 Å². The molecule has 0 atom stereocenters. The van der Waals surface area contributed by atoms with E-state index in [2.05, 4.69) is 20.9 Å². The molecule has 2 rings (SSSR count). The van der Waals surface area contributed by atoms with Crippen molar-refractivity contribution in [3.63, 3.8) is 0 Å². The van der Waals surface area contributed by atoms with Crippen LogP contribution in [0.2, 0.25) is 0 Å². The summed E-state index contributed by atoms with van der Waals surface area (Å²) in [6, 6.07) is 4.73. The predicted molar refractivity (Wildman–Crippen MR) is 73.7 cm³/mol. The molecule has 1 aromatic heterocycles. The minimum absolute atomic E-state index is 0.0710. The number of ketones is 1. The average molecular weight is 328 g/mol. The first kappa shape index (κ1) is 13.4. The average Bonchev–Trinajstić information content (AvgIpc) is 2.62. The van der Waals surface area contributed by atoms with E-state index in [0.717, 1.165) is 10.7 Å². The van der Waals surface area contributed by atoms with Crippen molar-refractivity contribution in [2.45, 2.75) is 20.3 Å². The van der Waals surface area contributed by atoms with E-state index in [1.54, 1.807) is 19.1 Å². The fraction of sp³-hybridized carbons (Fsp3) is 0.231. The Labute approximate surface area is 117 Å². The molecule has 18 heavy (non-hydrogen) atoms. The zero-order valence-electron chi connectivity index (χ0n) is 9.96. The third-order valence-corrected chi connectivity index (χ3v) is 4.13. The number of hydrogen-bond acceptors (Lipinski definition) is 3. The highest BCUT2D eigenvalue weighted by Crippen LogP contribution is 2.21. The minimum Gasteiger partial charge on any atom is -0.293 e. The molecule has 0 radical (unpaired) electrons. The maximum atomic E-state index is 13.6. The van der Waals surface area contributed by atoms with Gasteiger partial charge in [-0.05, 0) is 31.5 Å². The van der Waals surface area contributed by atoms with E-state index in [4.69, 9.17) is 0 Å². The molecule has 0 saturated carbocycles. The van der Waals surface area contributed by atoms with Crippen molar-refractivity contribution in [2.24, 2.45) is 0 Å². The molecule has 5 heteroatoms. The number of Topliss-reactive ketones (excluding diaryl/α,β-unsaturated/α-hetero) is 1. The second kappa shape index (κ2) is 5.28. The predicted octanol–water partition coefficient (Wildman–Crippen LogP) is 4.09. The van der Waals surface area contributed by atoms with Gasteiger partial charge in [0, 0.05) is 10.9 Å². The van der Waals surface area contributed by atoms with Crippen LogP contribution in [0, 0.1) is 19.7 Å². The van der Waals surface area contributed by atoms with Crippen LogP contribution in [0.25, 0.3) is 0 Å². The van der Waals surface area contributed by atoms with Gasteiger partial charge < -0.3 is 0 Å². The van der Waals surface area contributed by atoms with Gasteiger partial charge in [-0.3, -0.25) is 4.79 Å². The largest absolute Gasteiger partial charge is 0.293 e. The number of thiazole rings is 1. The highest BCUT2D eigenvalue weighted by atomic mass is 79.9. The molecule has 0 amide bonds. The first-order valence-corrected chi connectivity index (χ1v) is 6.99. The molecule has 2 aromatic rings. The van der Waals surface area contributed by atoms with Gasteiger partial charge in [-0.15, -0.1) is 11.3 Å². The molecule has 2 nitrogen and oxygen atoms in total. The first-order chi connectivity index (χ1) is 8.47. The van der Waals surface area contributed by atoms with E-state index in [1.165, 1.54) is 17.4 Å². The van der Waals surface area contributed by atoms with Crippen LogP contribution < -0.4 is 0 Å². The lowest BCUT2D eigenvalue weighted by Crippen LogP contribution is -2.05. The zero-order chi connectivity index (χ0) is 13.3. The number of halogens is 2. The molecule has 0 unspecified atom stereocenters. The van der Waals surface area contributed by atoms with E-state index in [-0.39, 0.29) is 18.0 Å². The van der Waals surface area contributed by atoms with Crippen LogP contribution in [0.4, 0.5) is 4.39 Å². The smallest absolute Gasteiger partial charge is 0.179 e. The van der Waals surface area contributed by atoms with Crippen LogP contribution in [0.5, 0.6) is 0 Å². The summed E-state index contributed by atoms with van der Waals surface area (Å²) in [5.41, 5.74) is 1.13. The second-order valence-corrected chi connectivity index (χ2v) is 6.10. The van der Waals surface area contributed by atoms with Crippen molar-refractivity contribution in [3.8, 4) is 0 Å². The number of hydrogen-bond donors (Lipinski definition) is 0. The highest BCUT2D eigenvalue weighted by Gasteiger charge is 2.16. The second-order valence-electron chi connectivity index (χ2n) is 3.98. The summed E-state index contributed by atoms with van der Waals surface area (Å²) in [6.45, 7) is 3.66. The lowest BCUT2D eigenvalue weighted by Gasteiger charge is -2.02. The lowest BCUT2D eigenvalue weighted by atomic mass is 10.1. The van der Waals surface area contributed by atoms with Gasteiger partial charge in [0.1, 0.15) is 5.82 Å². The molecule has 0 aliphatic heterocycles. The number of carbonyl (C=O) groups is 1. The molecule has 0 aliphatic carbocycles. The summed E-state index contributed by atoms with van der Waals surface area (Å²) >= 11 is 4.55. The molecule has 1 heterocycles. The Morgan fingerprint density at radius 1 is 1.44 bits per heavy atom. The zero-order valence-corrected chi connectivity index (χ0v) is 12.4. The standard InChI is InChI=1S/C13H11BrFNOS/c1-7-13(18-8(2)16-7)12(17)5-9-3-4-10(14)6-11(9)15/h3-4,6H,5H2,1-2H3. The Bertz CT molecular complexity index is 609. The maximum absolute atomic E-state index is 13.6. The molecule has 0 fully saturated rings. The van der Waals surface area contributed by atoms with Gasteiger partial charge in [-0.2, -0.15) is 0 Å². The summed E-state index contributed by atoms with van der Waals surface area (Å²) in [4.78, 5) is 16.9. The third kappa shape index (κ3) is 2.84. The van der Waals surface area contributed by atoms with Crippen LogP contribution in [0.3, 0.4) is 0 Å². The van der Waals surface area contributed by atoms with Gasteiger partial charge >= 0.3 is 0 Å². The molecule has 0 spiro atoms. The van der Waals surface area contributed by atoms with Gasteiger partial charge in [0.25, 0.3) is 0 Å². The van der Waals surface area contributed by atoms with E-state index < -0.39 is 0 Å². The summed E-state index contributed by atoms with van der Waals surface area (Å²) in [5.74, 6) is -0.448. The minimum atomic E-state index is -0.364. The SMILES string of the molecule is Cc1nc(C)c(C(=O)Cc2ccc(Br)cc2F)s1. The van der Waals surface area contributed by atoms with E-state index in [9.17, 15) is 9.18 Å². The number of nitrogens with zero attached hydrogens (tertiary/aromatic N) is 1. The molecule has 0 bridgehead atoms. The Kier molecular flexibility index (Phi) is 3.92. The molecular formula is C13H11BrFNOS. The number of carbonyl (C=O) groups excluding carboxylic acids is 1. The summed E-state index contributed by atoms with van der Waals surface area (Å²) in [6.07, 6.45) is 0.0710. The summed E-state index contributed by atoms with van der Waals surface area (Å²) < 4.78 is 14.3. The summed E-state index contributed by atoms with van der Waals surface area (Å²) in [7, 11) is 0.